The van der Waals surface area contributed by atoms with Crippen LogP contribution >= 0.6 is 0 Å². The first-order valence-corrected chi connectivity index (χ1v) is 9.71. The number of piperidine rings is 1. The van der Waals surface area contributed by atoms with Crippen LogP contribution in [0.1, 0.15) is 49.7 Å². The van der Waals surface area contributed by atoms with Crippen molar-refractivity contribution < 1.29 is 14.6 Å². The number of hydrogen-bond acceptors (Lipinski definition) is 4. The fraction of sp³-hybridized carbons (Fsp3) is 0.667. The van der Waals surface area contributed by atoms with E-state index in [0.29, 0.717) is 25.0 Å². The van der Waals surface area contributed by atoms with Crippen molar-refractivity contribution in [3.05, 3.63) is 29.3 Å². The lowest BCUT2D eigenvalue weighted by molar-refractivity contribution is -0.173. The number of likely N-dealkylation sites (tertiary alicyclic amines) is 1. The SMILES string of the molecule is COc1ccc2c(c1)[C@]13CCN(CC4CC4)[C@H](C2)C1(O)CCC(=O)C3. The van der Waals surface area contributed by atoms with Gasteiger partial charge >= 0.3 is 0 Å². The Morgan fingerprint density at radius 3 is 2.92 bits per heavy atom. The minimum atomic E-state index is -0.784. The molecule has 134 valence electrons. The maximum atomic E-state index is 12.4. The Balaban J connectivity index is 1.64. The smallest absolute Gasteiger partial charge is 0.134 e. The number of carbonyl (C=O) groups is 1. The Kier molecular flexibility index (Phi) is 3.36. The molecule has 1 aromatic rings. The molecule has 3 atom stereocenters. The number of nitrogens with zero attached hydrogens (tertiary/aromatic N) is 1. The molecule has 1 heterocycles. The summed E-state index contributed by atoms with van der Waals surface area (Å²) in [6, 6.07) is 6.41. The summed E-state index contributed by atoms with van der Waals surface area (Å²) in [5.74, 6) is 1.95. The summed E-state index contributed by atoms with van der Waals surface area (Å²) < 4.78 is 5.46. The summed E-state index contributed by atoms with van der Waals surface area (Å²) in [7, 11) is 1.68. The molecule has 25 heavy (non-hydrogen) atoms. The second-order valence-corrected chi connectivity index (χ2v) is 8.65. The molecule has 0 spiro atoms. The zero-order valence-electron chi connectivity index (χ0n) is 15.0. The molecular weight excluding hydrogens is 314 g/mol. The van der Waals surface area contributed by atoms with E-state index in [2.05, 4.69) is 17.0 Å². The Labute approximate surface area is 149 Å². The number of carbonyl (C=O) groups excluding carboxylic acids is 1. The number of benzene rings is 1. The summed E-state index contributed by atoms with van der Waals surface area (Å²) in [5, 5.41) is 12.0. The van der Waals surface area contributed by atoms with Gasteiger partial charge in [-0.2, -0.15) is 0 Å². The number of fused-ring (bicyclic) bond motifs is 1. The van der Waals surface area contributed by atoms with E-state index in [1.165, 1.54) is 24.0 Å². The fourth-order valence-electron chi connectivity index (χ4n) is 5.86. The maximum Gasteiger partial charge on any atom is 0.134 e. The molecule has 2 saturated carbocycles. The molecule has 3 fully saturated rings. The van der Waals surface area contributed by atoms with Gasteiger partial charge in [-0.25, -0.2) is 0 Å². The highest BCUT2D eigenvalue weighted by atomic mass is 16.5. The summed E-state index contributed by atoms with van der Waals surface area (Å²) in [6.07, 6.45) is 6.03. The normalized spacial score (nSPS) is 37.4. The largest absolute Gasteiger partial charge is 0.497 e. The standard InChI is InChI=1S/C21H27NO3/c1-25-17-5-4-15-10-19-21(24)7-6-16(23)12-20(21,18(15)11-17)8-9-22(19)13-14-2-3-14/h4-5,11,14,19,24H,2-3,6-10,12-13H2,1H3/t19-,20-,21?/m1/s1. The van der Waals surface area contributed by atoms with E-state index in [-0.39, 0.29) is 6.04 Å². The number of Topliss-reactive ketones (excluding diaryl/α,β-unsaturated/α-hetero) is 1. The lowest BCUT2D eigenvalue weighted by Gasteiger charge is -2.63. The minimum absolute atomic E-state index is 0.149. The van der Waals surface area contributed by atoms with E-state index in [1.54, 1.807) is 7.11 Å². The van der Waals surface area contributed by atoms with Crippen LogP contribution < -0.4 is 4.74 Å². The molecule has 4 heteroatoms. The van der Waals surface area contributed by atoms with Crippen LogP contribution in [0.3, 0.4) is 0 Å². The van der Waals surface area contributed by atoms with Gasteiger partial charge in [0.15, 0.2) is 0 Å². The summed E-state index contributed by atoms with van der Waals surface area (Å²) in [4.78, 5) is 15.0. The van der Waals surface area contributed by atoms with Crippen LogP contribution in [0.4, 0.5) is 0 Å². The van der Waals surface area contributed by atoms with Crippen LogP contribution in [0.5, 0.6) is 5.75 Å². The van der Waals surface area contributed by atoms with E-state index in [4.69, 9.17) is 4.74 Å². The highest BCUT2D eigenvalue weighted by Crippen LogP contribution is 2.58. The molecule has 1 aromatic carbocycles. The second-order valence-electron chi connectivity index (χ2n) is 8.65. The summed E-state index contributed by atoms with van der Waals surface area (Å²) >= 11 is 0. The lowest BCUT2D eigenvalue weighted by Crippen LogP contribution is -2.73. The number of methoxy groups -OCH3 is 1. The van der Waals surface area contributed by atoms with Crippen molar-refractivity contribution in [3.8, 4) is 5.75 Å². The van der Waals surface area contributed by atoms with Gasteiger partial charge in [0.05, 0.1) is 12.7 Å². The third kappa shape index (κ3) is 2.16. The third-order valence-electron chi connectivity index (χ3n) is 7.37. The van der Waals surface area contributed by atoms with Crippen LogP contribution in [0.2, 0.25) is 0 Å². The number of hydrogen-bond donors (Lipinski definition) is 1. The Hall–Kier alpha value is -1.39. The van der Waals surface area contributed by atoms with E-state index < -0.39 is 11.0 Å². The van der Waals surface area contributed by atoms with Gasteiger partial charge in [-0.05, 0) is 67.8 Å². The first-order valence-electron chi connectivity index (χ1n) is 9.71. The molecule has 4 nitrogen and oxygen atoms in total. The molecule has 1 N–H and O–H groups in total. The Morgan fingerprint density at radius 2 is 2.16 bits per heavy atom. The van der Waals surface area contributed by atoms with E-state index in [0.717, 1.165) is 37.6 Å². The average molecular weight is 341 g/mol. The molecule has 0 radical (unpaired) electrons. The van der Waals surface area contributed by atoms with Crippen molar-refractivity contribution in [2.24, 2.45) is 5.92 Å². The fourth-order valence-corrected chi connectivity index (χ4v) is 5.86. The van der Waals surface area contributed by atoms with E-state index in [1.807, 2.05) is 6.07 Å². The molecule has 5 rings (SSSR count). The number of aliphatic hydroxyl groups is 1. The molecule has 4 aliphatic rings. The van der Waals surface area contributed by atoms with Gasteiger partial charge in [0, 0.05) is 30.8 Å². The molecule has 1 aliphatic heterocycles. The van der Waals surface area contributed by atoms with Gasteiger partial charge < -0.3 is 9.84 Å². The van der Waals surface area contributed by atoms with Crippen molar-refractivity contribution >= 4 is 5.78 Å². The molecule has 2 bridgehead atoms. The Bertz CT molecular complexity index is 728. The zero-order chi connectivity index (χ0) is 17.2. The minimum Gasteiger partial charge on any atom is -0.497 e. The monoisotopic (exact) mass is 341 g/mol. The maximum absolute atomic E-state index is 12.4. The average Bonchev–Trinajstić information content (AvgIpc) is 3.42. The van der Waals surface area contributed by atoms with Crippen molar-refractivity contribution in [2.75, 3.05) is 20.2 Å². The van der Waals surface area contributed by atoms with Gasteiger partial charge in [0.25, 0.3) is 0 Å². The predicted octanol–water partition coefficient (Wildman–Crippen LogP) is 2.46. The molecule has 1 unspecified atom stereocenters. The van der Waals surface area contributed by atoms with Crippen LogP contribution in [-0.2, 0) is 16.6 Å². The van der Waals surface area contributed by atoms with Crippen molar-refractivity contribution in [2.45, 2.75) is 62.0 Å². The van der Waals surface area contributed by atoms with Gasteiger partial charge in [0.1, 0.15) is 11.5 Å². The van der Waals surface area contributed by atoms with Gasteiger partial charge in [-0.1, -0.05) is 6.07 Å². The topological polar surface area (TPSA) is 49.8 Å². The highest BCUT2D eigenvalue weighted by molar-refractivity contribution is 5.82. The molecular formula is C21H27NO3. The predicted molar refractivity (Wildman–Crippen MR) is 94.9 cm³/mol. The van der Waals surface area contributed by atoms with Crippen LogP contribution in [-0.4, -0.2) is 47.6 Å². The molecule has 0 amide bonds. The van der Waals surface area contributed by atoms with Gasteiger partial charge in [0.2, 0.25) is 0 Å². The molecule has 0 aromatic heterocycles. The first-order chi connectivity index (χ1) is 12.1. The highest BCUT2D eigenvalue weighted by Gasteiger charge is 2.64. The Morgan fingerprint density at radius 1 is 1.32 bits per heavy atom. The number of rotatable bonds is 3. The van der Waals surface area contributed by atoms with Crippen LogP contribution in [0.15, 0.2) is 18.2 Å². The van der Waals surface area contributed by atoms with Gasteiger partial charge in [-0.3, -0.25) is 9.69 Å². The van der Waals surface area contributed by atoms with Crippen LogP contribution in [0, 0.1) is 5.92 Å². The third-order valence-corrected chi connectivity index (χ3v) is 7.37. The van der Waals surface area contributed by atoms with E-state index in [9.17, 15) is 9.90 Å². The van der Waals surface area contributed by atoms with Crippen molar-refractivity contribution in [1.29, 1.82) is 0 Å². The molecule has 3 aliphatic carbocycles. The van der Waals surface area contributed by atoms with Crippen molar-refractivity contribution in [3.63, 3.8) is 0 Å². The van der Waals surface area contributed by atoms with Crippen molar-refractivity contribution in [1.82, 2.24) is 4.90 Å². The van der Waals surface area contributed by atoms with Gasteiger partial charge in [-0.15, -0.1) is 0 Å². The molecule has 1 saturated heterocycles. The summed E-state index contributed by atoms with van der Waals surface area (Å²) in [5.41, 5.74) is 1.26. The zero-order valence-corrected chi connectivity index (χ0v) is 15.0. The van der Waals surface area contributed by atoms with E-state index >= 15 is 0 Å². The number of ketones is 1. The summed E-state index contributed by atoms with van der Waals surface area (Å²) in [6.45, 7) is 2.11. The first kappa shape index (κ1) is 15.8. The second kappa shape index (κ2) is 5.31. The number of ether oxygens (including phenoxy) is 1. The lowest BCUT2D eigenvalue weighted by atomic mass is 9.49. The van der Waals surface area contributed by atoms with Crippen LogP contribution in [0.25, 0.3) is 0 Å². The quantitative estimate of drug-likeness (QED) is 0.917.